The minimum Gasteiger partial charge on any atom is -0.376 e. The van der Waals surface area contributed by atoms with E-state index in [0.29, 0.717) is 10.8 Å². The summed E-state index contributed by atoms with van der Waals surface area (Å²) in [5.74, 6) is 0.402. The fraction of sp³-hybridized carbons (Fsp3) is 0.600. The van der Waals surface area contributed by atoms with Gasteiger partial charge in [0.1, 0.15) is 11.5 Å². The van der Waals surface area contributed by atoms with Crippen molar-refractivity contribution in [3.05, 3.63) is 22.8 Å². The van der Waals surface area contributed by atoms with Crippen molar-refractivity contribution < 1.29 is 9.53 Å². The number of hydrogen-bond acceptors (Lipinski definition) is 4. The number of pyridine rings is 1. The van der Waals surface area contributed by atoms with Crippen molar-refractivity contribution in [2.45, 2.75) is 45.3 Å². The number of anilines is 1. The van der Waals surface area contributed by atoms with Gasteiger partial charge >= 0.3 is 0 Å². The van der Waals surface area contributed by atoms with Gasteiger partial charge in [-0.3, -0.25) is 4.79 Å². The van der Waals surface area contributed by atoms with Crippen molar-refractivity contribution in [2.24, 2.45) is 0 Å². The Kier molecular flexibility index (Phi) is 5.82. The molecule has 2 atom stereocenters. The normalized spacial score (nSPS) is 19.3. The number of carbonyl (C=O) groups excluding carboxylic acids is 1. The van der Waals surface area contributed by atoms with Gasteiger partial charge in [0.15, 0.2) is 0 Å². The van der Waals surface area contributed by atoms with Crippen LogP contribution in [0, 0.1) is 0 Å². The standard InChI is InChI=1S/C15H22ClN3O2/c1-3-8-17-13-7-6-11(16)14(19-13)15(20)18-10(2)12-5-4-9-21-12/h6-7,10,12H,3-5,8-9H2,1-2H3,(H,17,19)(H,18,20). The summed E-state index contributed by atoms with van der Waals surface area (Å²) in [5, 5.41) is 6.43. The highest BCUT2D eigenvalue weighted by molar-refractivity contribution is 6.33. The Morgan fingerprint density at radius 3 is 3.05 bits per heavy atom. The molecule has 0 radical (unpaired) electrons. The second-order valence-corrected chi connectivity index (χ2v) is 5.67. The molecule has 2 heterocycles. The molecule has 1 aromatic heterocycles. The lowest BCUT2D eigenvalue weighted by atomic mass is 10.1. The summed E-state index contributed by atoms with van der Waals surface area (Å²) in [6, 6.07) is 3.42. The zero-order valence-electron chi connectivity index (χ0n) is 12.5. The highest BCUT2D eigenvalue weighted by Gasteiger charge is 2.25. The topological polar surface area (TPSA) is 63.2 Å². The van der Waals surface area contributed by atoms with Crippen LogP contribution in [-0.4, -0.2) is 36.2 Å². The largest absolute Gasteiger partial charge is 0.376 e. The van der Waals surface area contributed by atoms with Crippen LogP contribution in [0.3, 0.4) is 0 Å². The highest BCUT2D eigenvalue weighted by Crippen LogP contribution is 2.19. The van der Waals surface area contributed by atoms with Gasteiger partial charge in [0.25, 0.3) is 5.91 Å². The molecule has 6 heteroatoms. The average molecular weight is 312 g/mol. The van der Waals surface area contributed by atoms with Crippen molar-refractivity contribution in [3.63, 3.8) is 0 Å². The number of carbonyl (C=O) groups is 1. The van der Waals surface area contributed by atoms with Crippen LogP contribution < -0.4 is 10.6 Å². The van der Waals surface area contributed by atoms with Crippen LogP contribution in [-0.2, 0) is 4.74 Å². The predicted molar refractivity (Wildman–Crippen MR) is 83.9 cm³/mol. The molecule has 0 aliphatic carbocycles. The summed E-state index contributed by atoms with van der Waals surface area (Å²) in [6.07, 6.45) is 3.08. The fourth-order valence-corrected chi connectivity index (χ4v) is 2.51. The molecule has 116 valence electrons. The van der Waals surface area contributed by atoms with Crippen LogP contribution >= 0.6 is 11.6 Å². The molecule has 1 aromatic rings. The van der Waals surface area contributed by atoms with E-state index in [1.165, 1.54) is 0 Å². The summed E-state index contributed by atoms with van der Waals surface area (Å²) in [4.78, 5) is 16.6. The molecular formula is C15H22ClN3O2. The van der Waals surface area contributed by atoms with Crippen LogP contribution in [0.25, 0.3) is 0 Å². The first-order valence-corrected chi connectivity index (χ1v) is 7.82. The minimum atomic E-state index is -0.261. The average Bonchev–Trinajstić information content (AvgIpc) is 3.00. The lowest BCUT2D eigenvalue weighted by Gasteiger charge is -2.20. The van der Waals surface area contributed by atoms with Crippen LogP contribution in [0.4, 0.5) is 5.82 Å². The summed E-state index contributed by atoms with van der Waals surface area (Å²) in [6.45, 7) is 5.59. The van der Waals surface area contributed by atoms with Gasteiger partial charge in [0.2, 0.25) is 0 Å². The van der Waals surface area contributed by atoms with Crippen molar-refractivity contribution in [2.75, 3.05) is 18.5 Å². The fourth-order valence-electron chi connectivity index (χ4n) is 2.32. The van der Waals surface area contributed by atoms with Crippen molar-refractivity contribution in [1.82, 2.24) is 10.3 Å². The van der Waals surface area contributed by atoms with Crippen LogP contribution in [0.1, 0.15) is 43.6 Å². The molecule has 0 bridgehead atoms. The molecule has 21 heavy (non-hydrogen) atoms. The van der Waals surface area contributed by atoms with E-state index in [9.17, 15) is 4.79 Å². The third kappa shape index (κ3) is 4.32. The second-order valence-electron chi connectivity index (χ2n) is 5.27. The van der Waals surface area contributed by atoms with Gasteiger partial charge in [-0.15, -0.1) is 0 Å². The first-order valence-electron chi connectivity index (χ1n) is 7.44. The third-order valence-electron chi connectivity index (χ3n) is 3.50. The number of nitrogens with one attached hydrogen (secondary N) is 2. The van der Waals surface area contributed by atoms with Crippen LogP contribution in [0.2, 0.25) is 5.02 Å². The summed E-state index contributed by atoms with van der Waals surface area (Å²) in [7, 11) is 0. The molecule has 1 aliphatic rings. The molecule has 0 aromatic carbocycles. The summed E-state index contributed by atoms with van der Waals surface area (Å²) < 4.78 is 5.58. The van der Waals surface area contributed by atoms with Gasteiger partial charge in [-0.25, -0.2) is 4.98 Å². The van der Waals surface area contributed by atoms with Crippen LogP contribution in [0.15, 0.2) is 12.1 Å². The number of amides is 1. The zero-order chi connectivity index (χ0) is 15.2. The monoisotopic (exact) mass is 311 g/mol. The SMILES string of the molecule is CCCNc1ccc(Cl)c(C(=O)NC(C)C2CCCO2)n1. The number of halogens is 1. The minimum absolute atomic E-state index is 0.0508. The van der Waals surface area contributed by atoms with Gasteiger partial charge in [-0.2, -0.15) is 0 Å². The predicted octanol–water partition coefficient (Wildman–Crippen LogP) is 2.85. The Labute approximate surface area is 130 Å². The van der Waals surface area contributed by atoms with Crippen LogP contribution in [0.5, 0.6) is 0 Å². The van der Waals surface area contributed by atoms with Crippen molar-refractivity contribution in [3.8, 4) is 0 Å². The number of rotatable bonds is 6. The number of aromatic nitrogens is 1. The highest BCUT2D eigenvalue weighted by atomic mass is 35.5. The molecule has 2 rings (SSSR count). The summed E-state index contributed by atoms with van der Waals surface area (Å²) >= 11 is 6.09. The Morgan fingerprint density at radius 2 is 2.38 bits per heavy atom. The van der Waals surface area contributed by atoms with E-state index in [1.807, 2.05) is 6.92 Å². The first-order chi connectivity index (χ1) is 10.1. The number of hydrogen-bond donors (Lipinski definition) is 2. The maximum absolute atomic E-state index is 12.3. The maximum atomic E-state index is 12.3. The molecule has 1 saturated heterocycles. The first kappa shape index (κ1) is 16.0. The van der Waals surface area contributed by atoms with Gasteiger partial charge in [-0.05, 0) is 38.3 Å². The molecule has 0 spiro atoms. The van der Waals surface area contributed by atoms with Gasteiger partial charge in [-0.1, -0.05) is 18.5 Å². The van der Waals surface area contributed by atoms with Gasteiger partial charge < -0.3 is 15.4 Å². The van der Waals surface area contributed by atoms with E-state index < -0.39 is 0 Å². The quantitative estimate of drug-likeness (QED) is 0.848. The Balaban J connectivity index is 2.03. The Morgan fingerprint density at radius 1 is 1.57 bits per heavy atom. The van der Waals surface area contributed by atoms with Crippen molar-refractivity contribution >= 4 is 23.3 Å². The lowest BCUT2D eigenvalue weighted by molar-refractivity contribution is 0.0709. The maximum Gasteiger partial charge on any atom is 0.271 e. The Hall–Kier alpha value is -1.33. The molecule has 5 nitrogen and oxygen atoms in total. The van der Waals surface area contributed by atoms with E-state index >= 15 is 0 Å². The summed E-state index contributed by atoms with van der Waals surface area (Å²) in [5.41, 5.74) is 0.252. The molecule has 1 fully saturated rings. The molecule has 2 N–H and O–H groups in total. The second kappa shape index (κ2) is 7.61. The number of ether oxygens (including phenoxy) is 1. The van der Waals surface area contributed by atoms with E-state index in [0.717, 1.165) is 32.4 Å². The van der Waals surface area contributed by atoms with E-state index in [-0.39, 0.29) is 23.7 Å². The molecule has 0 saturated carbocycles. The van der Waals surface area contributed by atoms with Gasteiger partial charge in [0, 0.05) is 13.2 Å². The molecular weight excluding hydrogens is 290 g/mol. The Bertz CT molecular complexity index is 490. The molecule has 2 unspecified atom stereocenters. The number of nitrogens with zero attached hydrogens (tertiary/aromatic N) is 1. The third-order valence-corrected chi connectivity index (χ3v) is 3.80. The smallest absolute Gasteiger partial charge is 0.271 e. The van der Waals surface area contributed by atoms with Crippen molar-refractivity contribution in [1.29, 1.82) is 0 Å². The lowest BCUT2D eigenvalue weighted by Crippen LogP contribution is -2.41. The van der Waals surface area contributed by atoms with Gasteiger partial charge in [0.05, 0.1) is 17.2 Å². The zero-order valence-corrected chi connectivity index (χ0v) is 13.2. The van der Waals surface area contributed by atoms with E-state index in [1.54, 1.807) is 12.1 Å². The van der Waals surface area contributed by atoms with E-state index in [2.05, 4.69) is 22.5 Å². The van der Waals surface area contributed by atoms with E-state index in [4.69, 9.17) is 16.3 Å². The molecule has 1 aliphatic heterocycles. The molecule has 1 amide bonds.